The first kappa shape index (κ1) is 18.1. The third kappa shape index (κ3) is 5.63. The highest BCUT2D eigenvalue weighted by Crippen LogP contribution is 2.28. The number of fused-ring (bicyclic) bond motifs is 1. The van der Waals surface area contributed by atoms with E-state index in [2.05, 4.69) is 46.1 Å². The van der Waals surface area contributed by atoms with E-state index < -0.39 is 0 Å². The van der Waals surface area contributed by atoms with Crippen LogP contribution in [0.5, 0.6) is 5.75 Å². The molecule has 3 rings (SSSR count). The third-order valence-electron chi connectivity index (χ3n) is 4.79. The Kier molecular flexibility index (Phi) is 6.98. The third-order valence-corrected chi connectivity index (χ3v) is 4.79. The van der Waals surface area contributed by atoms with Gasteiger partial charge in [-0.05, 0) is 55.8 Å². The minimum Gasteiger partial charge on any atom is -0.489 e. The van der Waals surface area contributed by atoms with Gasteiger partial charge in [0.25, 0.3) is 0 Å². The molecule has 0 amide bonds. The molecule has 1 aromatic carbocycles. The molecule has 5 nitrogen and oxygen atoms in total. The molecule has 25 heavy (non-hydrogen) atoms. The fourth-order valence-corrected chi connectivity index (χ4v) is 3.39. The molecule has 0 saturated carbocycles. The summed E-state index contributed by atoms with van der Waals surface area (Å²) in [6.45, 7) is 7.07. The Balaban J connectivity index is 1.33. The Bertz CT molecular complexity index is 573. The average Bonchev–Trinajstić information content (AvgIpc) is 2.65. The molecule has 0 aliphatic carbocycles. The van der Waals surface area contributed by atoms with Gasteiger partial charge in [-0.25, -0.2) is 0 Å². The van der Waals surface area contributed by atoms with E-state index in [0.29, 0.717) is 6.10 Å². The van der Waals surface area contributed by atoms with E-state index in [-0.39, 0.29) is 0 Å². The molecule has 0 fully saturated rings. The molecule has 0 saturated heterocycles. The van der Waals surface area contributed by atoms with Crippen LogP contribution in [0.2, 0.25) is 0 Å². The molecule has 3 N–H and O–H groups in total. The van der Waals surface area contributed by atoms with E-state index in [1.807, 2.05) is 0 Å². The van der Waals surface area contributed by atoms with Crippen molar-refractivity contribution in [3.8, 4) is 5.75 Å². The molecule has 0 radical (unpaired) electrons. The number of ether oxygens (including phenoxy) is 1. The Hall–Kier alpha value is -1.75. The predicted octanol–water partition coefficient (Wildman–Crippen LogP) is 2.25. The number of nitrogens with one attached hydrogen (secondary N) is 3. The van der Waals surface area contributed by atoms with Gasteiger partial charge >= 0.3 is 0 Å². The topological polar surface area (TPSA) is 57.7 Å². The predicted molar refractivity (Wildman–Crippen MR) is 104 cm³/mol. The summed E-state index contributed by atoms with van der Waals surface area (Å²) >= 11 is 0. The Labute approximate surface area is 151 Å². The van der Waals surface area contributed by atoms with Gasteiger partial charge in [0, 0.05) is 26.2 Å². The Morgan fingerprint density at radius 3 is 3.12 bits per heavy atom. The van der Waals surface area contributed by atoms with Crippen LogP contribution >= 0.6 is 0 Å². The van der Waals surface area contributed by atoms with E-state index in [1.54, 1.807) is 0 Å². The summed E-state index contributed by atoms with van der Waals surface area (Å²) in [5, 5.41) is 10.2. The van der Waals surface area contributed by atoms with E-state index >= 15 is 0 Å². The SMILES string of the molecule is CCCc1ccc2c(c1)OC(CNCCCNC1=NCCCN1)CC2. The summed E-state index contributed by atoms with van der Waals surface area (Å²) in [5.74, 6) is 2.06. The van der Waals surface area contributed by atoms with Crippen molar-refractivity contribution in [2.75, 3.05) is 32.7 Å². The molecule has 0 bridgehead atoms. The number of rotatable bonds is 8. The van der Waals surface area contributed by atoms with Gasteiger partial charge in [-0.2, -0.15) is 0 Å². The highest BCUT2D eigenvalue weighted by Gasteiger charge is 2.19. The summed E-state index contributed by atoms with van der Waals surface area (Å²) in [7, 11) is 0. The maximum atomic E-state index is 6.21. The van der Waals surface area contributed by atoms with Crippen LogP contribution < -0.4 is 20.7 Å². The highest BCUT2D eigenvalue weighted by atomic mass is 16.5. The number of benzene rings is 1. The van der Waals surface area contributed by atoms with Crippen molar-refractivity contribution in [1.29, 1.82) is 0 Å². The Morgan fingerprint density at radius 2 is 2.28 bits per heavy atom. The van der Waals surface area contributed by atoms with Gasteiger partial charge in [-0.15, -0.1) is 0 Å². The summed E-state index contributed by atoms with van der Waals surface area (Å²) in [6, 6.07) is 6.74. The summed E-state index contributed by atoms with van der Waals surface area (Å²) in [4.78, 5) is 4.42. The fraction of sp³-hybridized carbons (Fsp3) is 0.650. The second-order valence-electron chi connectivity index (χ2n) is 6.97. The Morgan fingerprint density at radius 1 is 1.32 bits per heavy atom. The lowest BCUT2D eigenvalue weighted by molar-refractivity contribution is 0.170. The molecule has 2 aliphatic heterocycles. The summed E-state index contributed by atoms with van der Waals surface area (Å²) in [5.41, 5.74) is 2.75. The molecule has 1 unspecified atom stereocenters. The molecule has 2 aliphatic rings. The summed E-state index contributed by atoms with van der Waals surface area (Å²) in [6.07, 6.45) is 7.06. The lowest BCUT2D eigenvalue weighted by Crippen LogP contribution is -2.42. The zero-order valence-electron chi connectivity index (χ0n) is 15.4. The number of nitrogens with zero attached hydrogens (tertiary/aromatic N) is 1. The van der Waals surface area contributed by atoms with Crippen LogP contribution in [0.25, 0.3) is 0 Å². The van der Waals surface area contributed by atoms with Crippen LogP contribution in [0.4, 0.5) is 0 Å². The first-order valence-corrected chi connectivity index (χ1v) is 9.86. The lowest BCUT2D eigenvalue weighted by Gasteiger charge is -2.27. The quantitative estimate of drug-likeness (QED) is 0.633. The molecule has 5 heteroatoms. The average molecular weight is 345 g/mol. The number of hydrogen-bond acceptors (Lipinski definition) is 5. The van der Waals surface area contributed by atoms with Crippen molar-refractivity contribution in [1.82, 2.24) is 16.0 Å². The fourth-order valence-electron chi connectivity index (χ4n) is 3.39. The van der Waals surface area contributed by atoms with Crippen LogP contribution in [-0.4, -0.2) is 44.8 Å². The standard InChI is InChI=1S/C20H32N4O/c1-2-5-16-6-7-17-8-9-18(25-19(17)14-16)15-21-10-3-11-22-20-23-12-4-13-24-20/h6-7,14,18,21H,2-5,8-13,15H2,1H3,(H2,22,23,24). The van der Waals surface area contributed by atoms with Gasteiger partial charge in [-0.3, -0.25) is 4.99 Å². The van der Waals surface area contributed by atoms with Gasteiger partial charge in [0.15, 0.2) is 5.96 Å². The van der Waals surface area contributed by atoms with E-state index in [9.17, 15) is 0 Å². The molecule has 0 spiro atoms. The molecule has 0 aromatic heterocycles. The normalized spacial score (nSPS) is 19.4. The molecular formula is C20H32N4O. The van der Waals surface area contributed by atoms with Gasteiger partial charge in [0.2, 0.25) is 0 Å². The second-order valence-corrected chi connectivity index (χ2v) is 6.97. The van der Waals surface area contributed by atoms with Crippen LogP contribution in [0, 0.1) is 0 Å². The maximum Gasteiger partial charge on any atom is 0.191 e. The zero-order chi connectivity index (χ0) is 17.3. The van der Waals surface area contributed by atoms with Crippen LogP contribution in [0.15, 0.2) is 23.2 Å². The van der Waals surface area contributed by atoms with E-state index in [1.165, 1.54) is 17.5 Å². The molecular weight excluding hydrogens is 312 g/mol. The van der Waals surface area contributed by atoms with Crippen molar-refractivity contribution in [3.05, 3.63) is 29.3 Å². The molecule has 1 aromatic rings. The van der Waals surface area contributed by atoms with Crippen molar-refractivity contribution >= 4 is 5.96 Å². The first-order valence-electron chi connectivity index (χ1n) is 9.86. The zero-order valence-corrected chi connectivity index (χ0v) is 15.4. The molecule has 138 valence electrons. The smallest absolute Gasteiger partial charge is 0.191 e. The number of guanidine groups is 1. The minimum absolute atomic E-state index is 0.293. The van der Waals surface area contributed by atoms with Crippen molar-refractivity contribution in [2.45, 2.75) is 51.6 Å². The number of hydrogen-bond donors (Lipinski definition) is 3. The minimum atomic E-state index is 0.293. The number of aryl methyl sites for hydroxylation is 2. The van der Waals surface area contributed by atoms with Gasteiger partial charge in [-0.1, -0.05) is 25.5 Å². The molecule has 2 heterocycles. The van der Waals surface area contributed by atoms with Crippen LogP contribution in [0.1, 0.15) is 43.7 Å². The largest absolute Gasteiger partial charge is 0.489 e. The van der Waals surface area contributed by atoms with Gasteiger partial charge < -0.3 is 20.7 Å². The molecule has 1 atom stereocenters. The summed E-state index contributed by atoms with van der Waals surface area (Å²) < 4.78 is 6.21. The van der Waals surface area contributed by atoms with E-state index in [0.717, 1.165) is 76.5 Å². The number of aliphatic imine (C=N–C) groups is 1. The second kappa shape index (κ2) is 9.66. The lowest BCUT2D eigenvalue weighted by atomic mass is 9.99. The first-order chi connectivity index (χ1) is 12.3. The van der Waals surface area contributed by atoms with Crippen LogP contribution in [0.3, 0.4) is 0 Å². The van der Waals surface area contributed by atoms with Crippen molar-refractivity contribution in [2.24, 2.45) is 4.99 Å². The van der Waals surface area contributed by atoms with E-state index in [4.69, 9.17) is 4.74 Å². The maximum absolute atomic E-state index is 6.21. The van der Waals surface area contributed by atoms with Gasteiger partial charge in [0.05, 0.1) is 0 Å². The van der Waals surface area contributed by atoms with Crippen molar-refractivity contribution < 1.29 is 4.74 Å². The van der Waals surface area contributed by atoms with Gasteiger partial charge in [0.1, 0.15) is 11.9 Å². The monoisotopic (exact) mass is 344 g/mol. The highest BCUT2D eigenvalue weighted by molar-refractivity contribution is 5.80. The van der Waals surface area contributed by atoms with Crippen LogP contribution in [-0.2, 0) is 12.8 Å². The van der Waals surface area contributed by atoms with Crippen molar-refractivity contribution in [3.63, 3.8) is 0 Å².